The minimum Gasteiger partial charge on any atom is -0.465 e. The first-order valence-corrected chi connectivity index (χ1v) is 9.88. The van der Waals surface area contributed by atoms with E-state index in [2.05, 4.69) is 9.97 Å². The third-order valence-electron chi connectivity index (χ3n) is 4.88. The molecule has 1 saturated heterocycles. The summed E-state index contributed by atoms with van der Waals surface area (Å²) in [5, 5.41) is -0.0144. The van der Waals surface area contributed by atoms with Crippen molar-refractivity contribution in [1.82, 2.24) is 23.2 Å². The van der Waals surface area contributed by atoms with Crippen LogP contribution in [0.2, 0.25) is 0 Å². The summed E-state index contributed by atoms with van der Waals surface area (Å²) in [6.45, 7) is 0.783. The van der Waals surface area contributed by atoms with Gasteiger partial charge in [0, 0.05) is 44.6 Å². The van der Waals surface area contributed by atoms with Crippen LogP contribution in [-0.2, 0) is 21.8 Å². The number of imidazole rings is 2. The van der Waals surface area contributed by atoms with Crippen molar-refractivity contribution in [3.05, 3.63) is 48.4 Å². The molecule has 9 nitrogen and oxygen atoms in total. The summed E-state index contributed by atoms with van der Waals surface area (Å²) in [7, 11) is -0.552. The number of methoxy groups -OCH3 is 1. The van der Waals surface area contributed by atoms with E-state index < -0.39 is 16.0 Å². The van der Waals surface area contributed by atoms with E-state index in [0.717, 1.165) is 5.82 Å². The van der Waals surface area contributed by atoms with E-state index in [1.807, 2.05) is 17.8 Å². The van der Waals surface area contributed by atoms with Gasteiger partial charge in [0.15, 0.2) is 5.03 Å². The Morgan fingerprint density at radius 1 is 1.30 bits per heavy atom. The molecular weight excluding hydrogens is 370 g/mol. The molecule has 4 heterocycles. The molecule has 1 fully saturated rings. The minimum absolute atomic E-state index is 0.0144. The van der Waals surface area contributed by atoms with Crippen LogP contribution in [0.1, 0.15) is 28.5 Å². The van der Waals surface area contributed by atoms with Gasteiger partial charge in [0.2, 0.25) is 0 Å². The van der Waals surface area contributed by atoms with Crippen LogP contribution in [0.4, 0.5) is 0 Å². The zero-order chi connectivity index (χ0) is 19.2. The number of pyridine rings is 1. The maximum atomic E-state index is 13.1. The average Bonchev–Trinajstić information content (AvgIpc) is 3.39. The molecule has 142 valence electrons. The van der Waals surface area contributed by atoms with Gasteiger partial charge >= 0.3 is 5.97 Å². The van der Waals surface area contributed by atoms with Crippen molar-refractivity contribution in [2.45, 2.75) is 17.4 Å². The number of hydrogen-bond donors (Lipinski definition) is 0. The van der Waals surface area contributed by atoms with E-state index in [0.29, 0.717) is 30.6 Å². The monoisotopic (exact) mass is 389 g/mol. The first-order valence-electron chi connectivity index (χ1n) is 8.44. The van der Waals surface area contributed by atoms with Gasteiger partial charge in [-0.2, -0.15) is 4.31 Å². The second-order valence-corrected chi connectivity index (χ2v) is 8.35. The van der Waals surface area contributed by atoms with E-state index in [1.54, 1.807) is 12.3 Å². The van der Waals surface area contributed by atoms with Crippen molar-refractivity contribution >= 4 is 21.5 Å². The van der Waals surface area contributed by atoms with Gasteiger partial charge in [-0.25, -0.2) is 23.2 Å². The molecule has 10 heteroatoms. The highest BCUT2D eigenvalue weighted by Crippen LogP contribution is 2.31. The second-order valence-electron chi connectivity index (χ2n) is 6.50. The normalized spacial score (nSPS) is 18.2. The molecule has 0 amide bonds. The number of nitrogens with zero attached hydrogens (tertiary/aromatic N) is 5. The van der Waals surface area contributed by atoms with Crippen molar-refractivity contribution < 1.29 is 17.9 Å². The summed E-state index contributed by atoms with van der Waals surface area (Å²) in [6.07, 6.45) is 7.18. The molecule has 27 heavy (non-hydrogen) atoms. The number of ether oxygens (including phenoxy) is 1. The van der Waals surface area contributed by atoms with Crippen LogP contribution in [0.5, 0.6) is 0 Å². The summed E-state index contributed by atoms with van der Waals surface area (Å²) >= 11 is 0. The number of sulfonamides is 1. The summed E-state index contributed by atoms with van der Waals surface area (Å²) in [4.78, 5) is 20.1. The predicted molar refractivity (Wildman–Crippen MR) is 95.9 cm³/mol. The van der Waals surface area contributed by atoms with Crippen LogP contribution in [0.25, 0.3) is 5.52 Å². The fourth-order valence-electron chi connectivity index (χ4n) is 3.46. The Kier molecular flexibility index (Phi) is 4.23. The Morgan fingerprint density at radius 3 is 2.81 bits per heavy atom. The van der Waals surface area contributed by atoms with Crippen molar-refractivity contribution in [2.75, 3.05) is 20.2 Å². The topological polar surface area (TPSA) is 98.8 Å². The number of hydrogen-bond acceptors (Lipinski definition) is 6. The Hall–Kier alpha value is -2.72. The molecule has 4 rings (SSSR count). The molecule has 0 aliphatic carbocycles. The smallest absolute Gasteiger partial charge is 0.339 e. The fourth-order valence-corrected chi connectivity index (χ4v) is 5.05. The third kappa shape index (κ3) is 2.90. The lowest BCUT2D eigenvalue weighted by Gasteiger charge is -2.15. The van der Waals surface area contributed by atoms with E-state index in [4.69, 9.17) is 4.74 Å². The highest BCUT2D eigenvalue weighted by atomic mass is 32.2. The SMILES string of the molecule is COC(=O)c1ccc2c(S(=O)(=O)N3CCC(c4nccn4C)C3)ncn2c1. The van der Waals surface area contributed by atoms with E-state index in [9.17, 15) is 13.2 Å². The molecule has 0 bridgehead atoms. The molecule has 0 N–H and O–H groups in total. The van der Waals surface area contributed by atoms with E-state index in [1.165, 1.54) is 34.4 Å². The zero-order valence-electron chi connectivity index (χ0n) is 14.9. The van der Waals surface area contributed by atoms with Gasteiger partial charge in [-0.05, 0) is 18.6 Å². The molecule has 1 unspecified atom stereocenters. The number of carbonyl (C=O) groups excluding carboxylic acids is 1. The summed E-state index contributed by atoms with van der Waals surface area (Å²) in [5.41, 5.74) is 0.741. The van der Waals surface area contributed by atoms with Crippen molar-refractivity contribution in [3.63, 3.8) is 0 Å². The van der Waals surface area contributed by atoms with Gasteiger partial charge in [-0.15, -0.1) is 0 Å². The third-order valence-corrected chi connectivity index (χ3v) is 6.69. The molecule has 0 spiro atoms. The number of rotatable bonds is 4. The van der Waals surface area contributed by atoms with E-state index >= 15 is 0 Å². The first kappa shape index (κ1) is 17.7. The predicted octanol–water partition coefficient (Wildman–Crippen LogP) is 1.03. The Bertz CT molecular complexity index is 1120. The molecule has 3 aromatic heterocycles. The quantitative estimate of drug-likeness (QED) is 0.618. The average molecular weight is 389 g/mol. The molecule has 1 aliphatic heterocycles. The number of fused-ring (bicyclic) bond motifs is 1. The van der Waals surface area contributed by atoms with Gasteiger partial charge < -0.3 is 13.7 Å². The number of aromatic nitrogens is 4. The van der Waals surface area contributed by atoms with Crippen LogP contribution in [0, 0.1) is 0 Å². The van der Waals surface area contributed by atoms with Crippen LogP contribution >= 0.6 is 0 Å². The molecule has 0 radical (unpaired) electrons. The lowest BCUT2D eigenvalue weighted by molar-refractivity contribution is 0.0600. The molecule has 0 aromatic carbocycles. The number of carbonyl (C=O) groups is 1. The minimum atomic E-state index is -3.75. The van der Waals surface area contributed by atoms with Gasteiger partial charge in [0.05, 0.1) is 18.2 Å². The lowest BCUT2D eigenvalue weighted by atomic mass is 10.1. The van der Waals surface area contributed by atoms with Crippen molar-refractivity contribution in [2.24, 2.45) is 7.05 Å². The van der Waals surface area contributed by atoms with E-state index in [-0.39, 0.29) is 10.9 Å². The van der Waals surface area contributed by atoms with Gasteiger partial charge in [0.1, 0.15) is 12.2 Å². The summed E-state index contributed by atoms with van der Waals surface area (Å²) < 4.78 is 35.8. The molecule has 1 aliphatic rings. The maximum Gasteiger partial charge on any atom is 0.339 e. The van der Waals surface area contributed by atoms with Gasteiger partial charge in [-0.1, -0.05) is 0 Å². The number of esters is 1. The Morgan fingerprint density at radius 2 is 2.11 bits per heavy atom. The molecular formula is C17H19N5O4S. The standard InChI is InChI=1S/C17H19N5O4S/c1-20-8-6-18-15(20)12-5-7-22(10-12)27(24,25)16-14-4-3-13(17(23)26-2)9-21(14)11-19-16/h3-4,6,8-9,11-12H,5,7,10H2,1-2H3. The molecule has 0 saturated carbocycles. The van der Waals surface area contributed by atoms with Crippen LogP contribution in [0.15, 0.2) is 42.1 Å². The largest absolute Gasteiger partial charge is 0.465 e. The van der Waals surface area contributed by atoms with Crippen LogP contribution in [-0.4, -0.2) is 57.8 Å². The molecule has 3 aromatic rings. The lowest BCUT2D eigenvalue weighted by Crippen LogP contribution is -2.29. The van der Waals surface area contributed by atoms with Crippen molar-refractivity contribution in [3.8, 4) is 0 Å². The van der Waals surface area contributed by atoms with Crippen LogP contribution < -0.4 is 0 Å². The molecule has 1 atom stereocenters. The van der Waals surface area contributed by atoms with Gasteiger partial charge in [0.25, 0.3) is 10.0 Å². The van der Waals surface area contributed by atoms with Gasteiger partial charge in [-0.3, -0.25) is 0 Å². The number of aryl methyl sites for hydroxylation is 1. The Labute approximate surface area is 156 Å². The maximum absolute atomic E-state index is 13.1. The first-order chi connectivity index (χ1) is 12.9. The Balaban J connectivity index is 1.64. The fraction of sp³-hybridized carbons (Fsp3) is 0.353. The van der Waals surface area contributed by atoms with Crippen molar-refractivity contribution in [1.29, 1.82) is 0 Å². The highest BCUT2D eigenvalue weighted by molar-refractivity contribution is 7.89. The summed E-state index contributed by atoms with van der Waals surface area (Å²) in [5.74, 6) is 0.442. The second kappa shape index (κ2) is 6.46. The van der Waals surface area contributed by atoms with Crippen LogP contribution in [0.3, 0.4) is 0 Å². The summed E-state index contributed by atoms with van der Waals surface area (Å²) in [6, 6.07) is 3.10. The zero-order valence-corrected chi connectivity index (χ0v) is 15.8. The highest BCUT2D eigenvalue weighted by Gasteiger charge is 2.36.